The highest BCUT2D eigenvalue weighted by Crippen LogP contribution is 2.30. The second kappa shape index (κ2) is 6.16. The van der Waals surface area contributed by atoms with Gasteiger partial charge in [-0.05, 0) is 44.0 Å². The normalized spacial score (nSPS) is 16.8. The number of rotatable bonds is 3. The number of aromatic carboxylic acids is 1. The van der Waals surface area contributed by atoms with Gasteiger partial charge in [-0.1, -0.05) is 24.3 Å². The standard InChI is InChI=1S/C20H18FNO3/c1-20(2)11-12-7-8-13(21)9-16(12)17(22-20)10-18(23)14-5-3-4-6-15(14)19(24)25/h3-10,22H,11H2,1-2H3,(H,24,25). The number of allylic oxidation sites excluding steroid dienone is 1. The third kappa shape index (κ3) is 3.45. The number of fused-ring (bicyclic) bond motifs is 1. The Morgan fingerprint density at radius 3 is 2.52 bits per heavy atom. The molecular weight excluding hydrogens is 321 g/mol. The Balaban J connectivity index is 2.08. The van der Waals surface area contributed by atoms with E-state index in [1.165, 1.54) is 30.3 Å². The van der Waals surface area contributed by atoms with Crippen molar-refractivity contribution in [2.24, 2.45) is 0 Å². The fourth-order valence-electron chi connectivity index (χ4n) is 3.11. The SMILES string of the molecule is CC1(C)Cc2ccc(F)cc2C(=CC(=O)c2ccccc2C(=O)O)N1. The number of hydrogen-bond donors (Lipinski definition) is 2. The molecule has 0 fully saturated rings. The van der Waals surface area contributed by atoms with E-state index >= 15 is 0 Å². The van der Waals surface area contributed by atoms with Crippen molar-refractivity contribution in [3.8, 4) is 0 Å². The van der Waals surface area contributed by atoms with Crippen LogP contribution in [0.15, 0.2) is 48.5 Å². The van der Waals surface area contributed by atoms with Crippen LogP contribution in [0.1, 0.15) is 45.7 Å². The van der Waals surface area contributed by atoms with Crippen molar-refractivity contribution in [1.82, 2.24) is 5.32 Å². The van der Waals surface area contributed by atoms with Crippen molar-refractivity contribution in [3.63, 3.8) is 0 Å². The highest BCUT2D eigenvalue weighted by atomic mass is 19.1. The molecule has 1 aliphatic heterocycles. The highest BCUT2D eigenvalue weighted by molar-refractivity contribution is 6.13. The van der Waals surface area contributed by atoms with Crippen molar-refractivity contribution >= 4 is 17.4 Å². The van der Waals surface area contributed by atoms with E-state index in [9.17, 15) is 19.1 Å². The summed E-state index contributed by atoms with van der Waals surface area (Å²) in [4.78, 5) is 24.0. The molecule has 4 nitrogen and oxygen atoms in total. The van der Waals surface area contributed by atoms with Crippen molar-refractivity contribution < 1.29 is 19.1 Å². The summed E-state index contributed by atoms with van der Waals surface area (Å²) >= 11 is 0. The van der Waals surface area contributed by atoms with Crippen LogP contribution in [0.3, 0.4) is 0 Å². The summed E-state index contributed by atoms with van der Waals surface area (Å²) in [6.07, 6.45) is 2.04. The maximum Gasteiger partial charge on any atom is 0.336 e. The number of halogens is 1. The molecule has 0 unspecified atom stereocenters. The van der Waals surface area contributed by atoms with Crippen LogP contribution in [0, 0.1) is 5.82 Å². The van der Waals surface area contributed by atoms with Gasteiger partial charge in [0.2, 0.25) is 0 Å². The van der Waals surface area contributed by atoms with Crippen LogP contribution < -0.4 is 5.32 Å². The topological polar surface area (TPSA) is 66.4 Å². The number of ketones is 1. The van der Waals surface area contributed by atoms with Crippen LogP contribution in [-0.2, 0) is 6.42 Å². The first kappa shape index (κ1) is 16.9. The van der Waals surface area contributed by atoms with Gasteiger partial charge < -0.3 is 10.4 Å². The summed E-state index contributed by atoms with van der Waals surface area (Å²) in [5.41, 5.74) is 1.81. The van der Waals surface area contributed by atoms with Crippen molar-refractivity contribution in [1.29, 1.82) is 0 Å². The first-order valence-electron chi connectivity index (χ1n) is 7.92. The average molecular weight is 339 g/mol. The van der Waals surface area contributed by atoms with Gasteiger partial charge in [0, 0.05) is 28.4 Å². The molecule has 0 radical (unpaired) electrons. The summed E-state index contributed by atoms with van der Waals surface area (Å²) in [6, 6.07) is 10.6. The fraction of sp³-hybridized carbons (Fsp3) is 0.200. The lowest BCUT2D eigenvalue weighted by Crippen LogP contribution is -2.43. The van der Waals surface area contributed by atoms with Gasteiger partial charge in [-0.15, -0.1) is 0 Å². The Bertz CT molecular complexity index is 900. The average Bonchev–Trinajstić information content (AvgIpc) is 2.54. The van der Waals surface area contributed by atoms with Gasteiger partial charge in [0.1, 0.15) is 5.82 Å². The van der Waals surface area contributed by atoms with Crippen molar-refractivity contribution in [3.05, 3.63) is 76.6 Å². The summed E-state index contributed by atoms with van der Waals surface area (Å²) in [7, 11) is 0. The van der Waals surface area contributed by atoms with E-state index in [0.717, 1.165) is 5.56 Å². The molecule has 0 saturated heterocycles. The first-order chi connectivity index (χ1) is 11.8. The van der Waals surface area contributed by atoms with Crippen molar-refractivity contribution in [2.45, 2.75) is 25.8 Å². The van der Waals surface area contributed by atoms with Gasteiger partial charge in [0.25, 0.3) is 0 Å². The van der Waals surface area contributed by atoms with Crippen LogP contribution in [-0.4, -0.2) is 22.4 Å². The molecule has 0 spiro atoms. The molecule has 0 bridgehead atoms. The predicted octanol–water partition coefficient (Wildman–Crippen LogP) is 3.67. The summed E-state index contributed by atoms with van der Waals surface area (Å²) in [5, 5.41) is 12.5. The molecule has 2 aromatic rings. The highest BCUT2D eigenvalue weighted by Gasteiger charge is 2.28. The van der Waals surface area contributed by atoms with Gasteiger partial charge in [-0.3, -0.25) is 4.79 Å². The Morgan fingerprint density at radius 2 is 1.84 bits per heavy atom. The van der Waals surface area contributed by atoms with Gasteiger partial charge >= 0.3 is 5.97 Å². The summed E-state index contributed by atoms with van der Waals surface area (Å²) in [6.45, 7) is 3.98. The second-order valence-corrected chi connectivity index (χ2v) is 6.76. The van der Waals surface area contributed by atoms with Gasteiger partial charge in [-0.2, -0.15) is 0 Å². The summed E-state index contributed by atoms with van der Waals surface area (Å²) < 4.78 is 13.7. The van der Waals surface area contributed by atoms with Crippen LogP contribution >= 0.6 is 0 Å². The van der Waals surface area contributed by atoms with E-state index < -0.39 is 11.8 Å². The molecule has 25 heavy (non-hydrogen) atoms. The molecular formula is C20H18FNO3. The monoisotopic (exact) mass is 339 g/mol. The maximum atomic E-state index is 13.7. The lowest BCUT2D eigenvalue weighted by atomic mass is 9.85. The molecule has 0 amide bonds. The second-order valence-electron chi connectivity index (χ2n) is 6.76. The largest absolute Gasteiger partial charge is 0.478 e. The molecule has 0 aliphatic carbocycles. The number of nitrogens with one attached hydrogen (secondary N) is 1. The molecule has 5 heteroatoms. The molecule has 2 N–H and O–H groups in total. The third-order valence-electron chi connectivity index (χ3n) is 4.17. The van der Waals surface area contributed by atoms with Gasteiger partial charge in [0.15, 0.2) is 5.78 Å². The van der Waals surface area contributed by atoms with Crippen molar-refractivity contribution in [2.75, 3.05) is 0 Å². The number of hydrogen-bond acceptors (Lipinski definition) is 3. The molecule has 2 aromatic carbocycles. The van der Waals surface area contributed by atoms with Crippen LogP contribution in [0.25, 0.3) is 5.70 Å². The van der Waals surface area contributed by atoms with E-state index in [1.807, 2.05) is 13.8 Å². The van der Waals surface area contributed by atoms with Crippen LogP contribution in [0.5, 0.6) is 0 Å². The van der Waals surface area contributed by atoms with E-state index in [-0.39, 0.29) is 22.5 Å². The number of carboxylic acid groups (broad SMARTS) is 1. The zero-order valence-electron chi connectivity index (χ0n) is 14.0. The third-order valence-corrected chi connectivity index (χ3v) is 4.17. The zero-order chi connectivity index (χ0) is 18.2. The van der Waals surface area contributed by atoms with Gasteiger partial charge in [-0.25, -0.2) is 9.18 Å². The Morgan fingerprint density at radius 1 is 1.16 bits per heavy atom. The Labute approximate surface area is 145 Å². The van der Waals surface area contributed by atoms with Gasteiger partial charge in [0.05, 0.1) is 5.56 Å². The van der Waals surface area contributed by atoms with E-state index in [4.69, 9.17) is 0 Å². The fourth-order valence-corrected chi connectivity index (χ4v) is 3.11. The quantitative estimate of drug-likeness (QED) is 0.661. The summed E-state index contributed by atoms with van der Waals surface area (Å²) in [5.74, 6) is -1.98. The van der Waals surface area contributed by atoms with Crippen LogP contribution in [0.4, 0.5) is 4.39 Å². The molecule has 0 atom stereocenters. The molecule has 128 valence electrons. The smallest absolute Gasteiger partial charge is 0.336 e. The van der Waals surface area contributed by atoms with E-state index in [1.54, 1.807) is 18.2 Å². The number of carbonyl (C=O) groups excluding carboxylic acids is 1. The lowest BCUT2D eigenvalue weighted by molar-refractivity contribution is 0.0693. The Kier molecular flexibility index (Phi) is 4.17. The van der Waals surface area contributed by atoms with E-state index in [2.05, 4.69) is 5.32 Å². The minimum Gasteiger partial charge on any atom is -0.478 e. The Hall–Kier alpha value is -2.95. The van der Waals surface area contributed by atoms with E-state index in [0.29, 0.717) is 17.7 Å². The zero-order valence-corrected chi connectivity index (χ0v) is 14.0. The number of carboxylic acids is 1. The molecule has 1 aliphatic rings. The lowest BCUT2D eigenvalue weighted by Gasteiger charge is -2.35. The molecule has 1 heterocycles. The minimum atomic E-state index is -1.16. The number of carbonyl (C=O) groups is 2. The molecule has 3 rings (SSSR count). The van der Waals surface area contributed by atoms with Crippen LogP contribution in [0.2, 0.25) is 0 Å². The molecule has 0 aromatic heterocycles. The minimum absolute atomic E-state index is 0.0566. The predicted molar refractivity (Wildman–Crippen MR) is 93.0 cm³/mol. The first-order valence-corrected chi connectivity index (χ1v) is 7.92. The number of benzene rings is 2. The molecule has 0 saturated carbocycles. The maximum absolute atomic E-state index is 13.7.